The van der Waals surface area contributed by atoms with Crippen molar-refractivity contribution in [1.29, 1.82) is 0 Å². The second kappa shape index (κ2) is 5.53. The van der Waals surface area contributed by atoms with Crippen LogP contribution in [0.25, 0.3) is 17.2 Å². The number of nitrogens with two attached hydrogens (primary N) is 1. The Balaban J connectivity index is 2.04. The van der Waals surface area contributed by atoms with E-state index in [9.17, 15) is 14.4 Å². The quantitative estimate of drug-likeness (QED) is 0.580. The van der Waals surface area contributed by atoms with E-state index in [1.165, 1.54) is 6.20 Å². The van der Waals surface area contributed by atoms with Crippen LogP contribution in [-0.2, 0) is 4.79 Å². The first-order chi connectivity index (χ1) is 10.5. The van der Waals surface area contributed by atoms with Gasteiger partial charge in [-0.15, -0.1) is 0 Å². The number of hydrogen-bond donors (Lipinski definition) is 3. The van der Waals surface area contributed by atoms with Gasteiger partial charge in [0, 0.05) is 17.4 Å². The molecule has 1 aromatic carbocycles. The SMILES string of the molecule is Nc1cccc(-c2cc(/C=C3/SC(=O)NC3=O)c[nH]c2=O)c1. The van der Waals surface area contributed by atoms with Gasteiger partial charge < -0.3 is 10.7 Å². The Kier molecular flexibility index (Phi) is 3.56. The summed E-state index contributed by atoms with van der Waals surface area (Å²) in [7, 11) is 0. The Morgan fingerprint density at radius 3 is 2.64 bits per heavy atom. The van der Waals surface area contributed by atoms with Gasteiger partial charge >= 0.3 is 0 Å². The third kappa shape index (κ3) is 2.79. The molecule has 4 N–H and O–H groups in total. The van der Waals surface area contributed by atoms with E-state index in [1.54, 1.807) is 36.4 Å². The van der Waals surface area contributed by atoms with Gasteiger partial charge in [-0.2, -0.15) is 0 Å². The molecule has 3 rings (SSSR count). The molecule has 0 unspecified atom stereocenters. The number of anilines is 1. The third-order valence-corrected chi connectivity index (χ3v) is 3.87. The molecule has 2 amide bonds. The maximum Gasteiger partial charge on any atom is 0.290 e. The molecule has 0 radical (unpaired) electrons. The molecule has 0 spiro atoms. The maximum absolute atomic E-state index is 12.0. The van der Waals surface area contributed by atoms with E-state index in [0.29, 0.717) is 22.4 Å². The number of nitrogens with one attached hydrogen (secondary N) is 2. The molecule has 22 heavy (non-hydrogen) atoms. The van der Waals surface area contributed by atoms with Crippen molar-refractivity contribution in [2.75, 3.05) is 5.73 Å². The lowest BCUT2D eigenvalue weighted by molar-refractivity contribution is -0.115. The lowest BCUT2D eigenvalue weighted by Gasteiger charge is -2.03. The number of benzene rings is 1. The Labute approximate surface area is 129 Å². The predicted molar refractivity (Wildman–Crippen MR) is 86.0 cm³/mol. The van der Waals surface area contributed by atoms with Crippen LogP contribution >= 0.6 is 11.8 Å². The van der Waals surface area contributed by atoms with E-state index < -0.39 is 11.1 Å². The summed E-state index contributed by atoms with van der Waals surface area (Å²) >= 11 is 0.826. The molecule has 7 heteroatoms. The largest absolute Gasteiger partial charge is 0.399 e. The van der Waals surface area contributed by atoms with E-state index in [2.05, 4.69) is 10.3 Å². The zero-order chi connectivity index (χ0) is 15.7. The third-order valence-electron chi connectivity index (χ3n) is 3.06. The minimum Gasteiger partial charge on any atom is -0.399 e. The standard InChI is InChI=1S/C15H11N3O3S/c16-10-3-1-2-9(6-10)11-4-8(7-17-13(11)19)5-12-14(20)18-15(21)22-12/h1-7H,16H2,(H,17,19)(H,18,20,21)/b12-5+. The number of carbonyl (C=O) groups is 2. The second-order valence-electron chi connectivity index (χ2n) is 4.65. The van der Waals surface area contributed by atoms with Crippen molar-refractivity contribution < 1.29 is 9.59 Å². The number of H-pyrrole nitrogens is 1. The normalized spacial score (nSPS) is 16.1. The number of imide groups is 1. The highest BCUT2D eigenvalue weighted by Crippen LogP contribution is 2.26. The fourth-order valence-corrected chi connectivity index (χ4v) is 2.76. The van der Waals surface area contributed by atoms with Crippen molar-refractivity contribution in [3.8, 4) is 11.1 Å². The number of pyridine rings is 1. The van der Waals surface area contributed by atoms with Gasteiger partial charge in [-0.3, -0.25) is 19.7 Å². The highest BCUT2D eigenvalue weighted by atomic mass is 32.2. The van der Waals surface area contributed by atoms with Gasteiger partial charge in [-0.05, 0) is 47.2 Å². The van der Waals surface area contributed by atoms with Crippen LogP contribution in [-0.4, -0.2) is 16.1 Å². The number of aromatic amines is 1. The number of amides is 2. The Bertz CT molecular complexity index is 870. The van der Waals surface area contributed by atoms with Crippen molar-refractivity contribution in [3.05, 3.63) is 57.4 Å². The topological polar surface area (TPSA) is 105 Å². The van der Waals surface area contributed by atoms with Crippen LogP contribution < -0.4 is 16.6 Å². The minimum atomic E-state index is -0.438. The van der Waals surface area contributed by atoms with E-state index in [0.717, 1.165) is 11.8 Å². The van der Waals surface area contributed by atoms with Gasteiger partial charge in [0.05, 0.1) is 4.91 Å². The van der Waals surface area contributed by atoms with Crippen molar-refractivity contribution >= 4 is 34.7 Å². The minimum absolute atomic E-state index is 0.257. The molecule has 0 atom stereocenters. The van der Waals surface area contributed by atoms with Crippen LogP contribution in [0.15, 0.2) is 46.2 Å². The molecule has 1 aliphatic heterocycles. The van der Waals surface area contributed by atoms with E-state index in [-0.39, 0.29) is 10.5 Å². The number of rotatable bonds is 2. The lowest BCUT2D eigenvalue weighted by Crippen LogP contribution is -2.17. The molecular weight excluding hydrogens is 302 g/mol. The summed E-state index contributed by atoms with van der Waals surface area (Å²) in [5.74, 6) is -0.438. The van der Waals surface area contributed by atoms with Crippen molar-refractivity contribution in [3.63, 3.8) is 0 Å². The van der Waals surface area contributed by atoms with Crippen LogP contribution in [0.2, 0.25) is 0 Å². The number of aromatic nitrogens is 1. The summed E-state index contributed by atoms with van der Waals surface area (Å²) in [6, 6.07) is 8.61. The first-order valence-corrected chi connectivity index (χ1v) is 7.18. The number of thioether (sulfide) groups is 1. The predicted octanol–water partition coefficient (Wildman–Crippen LogP) is 1.95. The van der Waals surface area contributed by atoms with Crippen molar-refractivity contribution in [2.45, 2.75) is 0 Å². The van der Waals surface area contributed by atoms with Crippen LogP contribution in [0, 0.1) is 0 Å². The molecule has 1 saturated heterocycles. The van der Waals surface area contributed by atoms with E-state index >= 15 is 0 Å². The highest BCUT2D eigenvalue weighted by Gasteiger charge is 2.25. The summed E-state index contributed by atoms with van der Waals surface area (Å²) in [6.07, 6.45) is 3.04. The molecule has 2 heterocycles. The van der Waals surface area contributed by atoms with Gasteiger partial charge in [0.1, 0.15) is 0 Å². The first kappa shape index (κ1) is 14.2. The fraction of sp³-hybridized carbons (Fsp3) is 0. The molecule has 1 fully saturated rings. The number of hydrogen-bond acceptors (Lipinski definition) is 5. The summed E-state index contributed by atoms with van der Waals surface area (Å²) in [5.41, 5.74) is 7.77. The zero-order valence-corrected chi connectivity index (χ0v) is 12.1. The molecule has 6 nitrogen and oxygen atoms in total. The van der Waals surface area contributed by atoms with Crippen molar-refractivity contribution in [2.24, 2.45) is 0 Å². The number of carbonyl (C=O) groups excluding carboxylic acids is 2. The van der Waals surface area contributed by atoms with E-state index in [1.807, 2.05) is 0 Å². The highest BCUT2D eigenvalue weighted by molar-refractivity contribution is 8.18. The summed E-state index contributed by atoms with van der Waals surface area (Å²) in [6.45, 7) is 0. The van der Waals surface area contributed by atoms with E-state index in [4.69, 9.17) is 5.73 Å². The van der Waals surface area contributed by atoms with Crippen LogP contribution in [0.3, 0.4) is 0 Å². The van der Waals surface area contributed by atoms with Gasteiger partial charge in [0.25, 0.3) is 16.7 Å². The fourth-order valence-electron chi connectivity index (χ4n) is 2.08. The summed E-state index contributed by atoms with van der Waals surface area (Å²) in [4.78, 5) is 37.6. The number of nitrogen functional groups attached to an aromatic ring is 1. The van der Waals surface area contributed by atoms with Crippen molar-refractivity contribution in [1.82, 2.24) is 10.3 Å². The second-order valence-corrected chi connectivity index (χ2v) is 5.67. The van der Waals surface area contributed by atoms with Gasteiger partial charge in [-0.1, -0.05) is 12.1 Å². The Morgan fingerprint density at radius 2 is 1.95 bits per heavy atom. The van der Waals surface area contributed by atoms with Gasteiger partial charge in [0.2, 0.25) is 0 Å². The van der Waals surface area contributed by atoms with Crippen LogP contribution in [0.1, 0.15) is 5.56 Å². The smallest absolute Gasteiger partial charge is 0.290 e. The molecular formula is C15H11N3O3S. The van der Waals surface area contributed by atoms with Gasteiger partial charge in [0.15, 0.2) is 0 Å². The maximum atomic E-state index is 12.0. The summed E-state index contributed by atoms with van der Waals surface area (Å²) < 4.78 is 0. The lowest BCUT2D eigenvalue weighted by atomic mass is 10.0. The molecule has 110 valence electrons. The monoisotopic (exact) mass is 313 g/mol. The molecule has 1 aromatic heterocycles. The molecule has 0 aliphatic carbocycles. The molecule has 2 aromatic rings. The average Bonchev–Trinajstić information content (AvgIpc) is 2.79. The molecule has 1 aliphatic rings. The van der Waals surface area contributed by atoms with Crippen LogP contribution in [0.4, 0.5) is 10.5 Å². The Hall–Kier alpha value is -2.80. The average molecular weight is 313 g/mol. The summed E-state index contributed by atoms with van der Waals surface area (Å²) in [5, 5.41) is 1.77. The molecule has 0 saturated carbocycles. The molecule has 0 bridgehead atoms. The zero-order valence-electron chi connectivity index (χ0n) is 11.3. The van der Waals surface area contributed by atoms with Gasteiger partial charge in [-0.25, -0.2) is 0 Å². The van der Waals surface area contributed by atoms with Crippen LogP contribution in [0.5, 0.6) is 0 Å². The Morgan fingerprint density at radius 1 is 1.14 bits per heavy atom. The first-order valence-electron chi connectivity index (χ1n) is 6.36.